The second-order valence-corrected chi connectivity index (χ2v) is 3.15. The standard InChI is InChI=1S/C9H14.C4H8.2C2H6/c1-3-8-6-5-7-9(8)4-2;1-3-4-2;2*1-2/h3-4H,5-7H2,1-2H3;3-4H,1-2H3;2*1-2H3/b8-3-,9-4-;4-3-;;. The second-order valence-electron chi connectivity index (χ2n) is 3.15. The molecule has 1 fully saturated rings. The van der Waals surface area contributed by atoms with Crippen LogP contribution in [0.15, 0.2) is 35.5 Å². The molecule has 1 aliphatic rings. The Morgan fingerprint density at radius 3 is 1.12 bits per heavy atom. The first-order valence-corrected chi connectivity index (χ1v) is 7.18. The van der Waals surface area contributed by atoms with Gasteiger partial charge in [-0.3, -0.25) is 0 Å². The van der Waals surface area contributed by atoms with Crippen LogP contribution in [-0.4, -0.2) is 0 Å². The average Bonchev–Trinajstić information content (AvgIpc) is 2.91. The monoisotopic (exact) mass is 238 g/mol. The normalized spacial score (nSPS) is 17.9. The summed E-state index contributed by atoms with van der Waals surface area (Å²) in [5.41, 5.74) is 3.13. The first-order valence-electron chi connectivity index (χ1n) is 7.18. The quantitative estimate of drug-likeness (QED) is 0.412. The molecule has 0 heteroatoms. The average molecular weight is 238 g/mol. The van der Waals surface area contributed by atoms with Gasteiger partial charge in [-0.1, -0.05) is 52.0 Å². The summed E-state index contributed by atoms with van der Waals surface area (Å²) < 4.78 is 0. The molecule has 0 N–H and O–H groups in total. The van der Waals surface area contributed by atoms with Gasteiger partial charge in [-0.05, 0) is 58.1 Å². The van der Waals surface area contributed by atoms with E-state index in [0.717, 1.165) is 0 Å². The van der Waals surface area contributed by atoms with Gasteiger partial charge in [-0.15, -0.1) is 0 Å². The highest BCUT2D eigenvalue weighted by atomic mass is 14.1. The minimum absolute atomic E-state index is 1.30. The van der Waals surface area contributed by atoms with Crippen molar-refractivity contribution in [1.29, 1.82) is 0 Å². The molecule has 0 spiro atoms. The van der Waals surface area contributed by atoms with E-state index in [1.807, 2.05) is 53.7 Å². The van der Waals surface area contributed by atoms with Crippen LogP contribution in [0.1, 0.15) is 74.7 Å². The summed E-state index contributed by atoms with van der Waals surface area (Å²) in [5.74, 6) is 0. The Balaban J connectivity index is -0.000000208. The SMILES string of the molecule is C/C=C1/CCC/C1=C/C.C/C=C\C.CC.CC. The van der Waals surface area contributed by atoms with Gasteiger partial charge in [0.1, 0.15) is 0 Å². The van der Waals surface area contributed by atoms with Gasteiger partial charge in [-0.2, -0.15) is 0 Å². The van der Waals surface area contributed by atoms with E-state index >= 15 is 0 Å². The van der Waals surface area contributed by atoms with Gasteiger partial charge in [0.05, 0.1) is 0 Å². The number of hydrogen-bond donors (Lipinski definition) is 0. The maximum atomic E-state index is 2.24. The fraction of sp³-hybridized carbons (Fsp3) is 0.647. The van der Waals surface area contributed by atoms with Crippen molar-refractivity contribution in [3.63, 3.8) is 0 Å². The fourth-order valence-electron chi connectivity index (χ4n) is 1.45. The van der Waals surface area contributed by atoms with Crippen molar-refractivity contribution in [2.24, 2.45) is 0 Å². The third-order valence-electron chi connectivity index (χ3n) is 2.33. The minimum atomic E-state index is 1.30. The van der Waals surface area contributed by atoms with Gasteiger partial charge in [-0.25, -0.2) is 0 Å². The lowest BCUT2D eigenvalue weighted by Crippen LogP contribution is -1.74. The third-order valence-corrected chi connectivity index (χ3v) is 2.33. The summed E-state index contributed by atoms with van der Waals surface area (Å²) in [7, 11) is 0. The molecule has 0 aromatic rings. The van der Waals surface area contributed by atoms with Crippen LogP contribution in [0.2, 0.25) is 0 Å². The fourth-order valence-corrected chi connectivity index (χ4v) is 1.45. The Morgan fingerprint density at radius 2 is 0.941 bits per heavy atom. The van der Waals surface area contributed by atoms with Crippen molar-refractivity contribution in [3.8, 4) is 0 Å². The topological polar surface area (TPSA) is 0 Å². The maximum absolute atomic E-state index is 2.24. The molecule has 17 heavy (non-hydrogen) atoms. The summed E-state index contributed by atoms with van der Waals surface area (Å²) in [5, 5.41) is 0. The van der Waals surface area contributed by atoms with E-state index in [0.29, 0.717) is 0 Å². The first kappa shape index (κ1) is 21.5. The van der Waals surface area contributed by atoms with Crippen molar-refractivity contribution in [2.75, 3.05) is 0 Å². The summed E-state index contributed by atoms with van der Waals surface area (Å²) >= 11 is 0. The number of allylic oxidation sites excluding steroid dienone is 6. The zero-order valence-corrected chi connectivity index (χ0v) is 13.4. The Morgan fingerprint density at radius 1 is 0.647 bits per heavy atom. The molecule has 0 bridgehead atoms. The molecule has 0 aromatic heterocycles. The van der Waals surface area contributed by atoms with Crippen molar-refractivity contribution >= 4 is 0 Å². The third kappa shape index (κ3) is 13.2. The molecule has 0 atom stereocenters. The Kier molecular flexibility index (Phi) is 26.1. The molecule has 0 saturated heterocycles. The van der Waals surface area contributed by atoms with Gasteiger partial charge in [0.15, 0.2) is 0 Å². The lowest BCUT2D eigenvalue weighted by atomic mass is 10.1. The first-order chi connectivity index (χ1) is 8.29. The molecule has 0 aliphatic heterocycles. The summed E-state index contributed by atoms with van der Waals surface area (Å²) in [6, 6.07) is 0. The predicted octanol–water partition coefficient (Wildman–Crippen LogP) is 6.70. The van der Waals surface area contributed by atoms with Gasteiger partial charge in [0.2, 0.25) is 0 Å². The molecule has 0 unspecified atom stereocenters. The predicted molar refractivity (Wildman–Crippen MR) is 84.5 cm³/mol. The molecule has 1 saturated carbocycles. The maximum Gasteiger partial charge on any atom is -0.0276 e. The second kappa shape index (κ2) is 20.6. The van der Waals surface area contributed by atoms with Gasteiger partial charge >= 0.3 is 0 Å². The van der Waals surface area contributed by atoms with Crippen LogP contribution in [0.3, 0.4) is 0 Å². The largest absolute Gasteiger partial charge is 0.0919 e. The lowest BCUT2D eigenvalue weighted by molar-refractivity contribution is 0.931. The molecule has 1 rings (SSSR count). The zero-order chi connectivity index (χ0) is 14.1. The van der Waals surface area contributed by atoms with Crippen molar-refractivity contribution in [3.05, 3.63) is 35.5 Å². The highest BCUT2D eigenvalue weighted by molar-refractivity contribution is 5.33. The molecule has 0 aromatic carbocycles. The Bertz CT molecular complexity index is 182. The summed E-state index contributed by atoms with van der Waals surface area (Å²) in [4.78, 5) is 0. The van der Waals surface area contributed by atoms with Crippen molar-refractivity contribution in [2.45, 2.75) is 74.7 Å². The summed E-state index contributed by atoms with van der Waals surface area (Å²) in [6.07, 6.45) is 12.4. The van der Waals surface area contributed by atoms with Crippen LogP contribution in [0.25, 0.3) is 0 Å². The molecule has 0 nitrogen and oxygen atoms in total. The zero-order valence-electron chi connectivity index (χ0n) is 13.4. The minimum Gasteiger partial charge on any atom is -0.0919 e. The molecular formula is C17H34. The van der Waals surface area contributed by atoms with E-state index in [-0.39, 0.29) is 0 Å². The molecule has 102 valence electrons. The van der Waals surface area contributed by atoms with E-state index in [9.17, 15) is 0 Å². The number of rotatable bonds is 0. The van der Waals surface area contributed by atoms with Crippen LogP contribution in [0.5, 0.6) is 0 Å². The van der Waals surface area contributed by atoms with E-state index in [1.54, 1.807) is 11.1 Å². The highest BCUT2D eigenvalue weighted by Crippen LogP contribution is 2.29. The van der Waals surface area contributed by atoms with Gasteiger partial charge in [0, 0.05) is 0 Å². The van der Waals surface area contributed by atoms with Crippen LogP contribution in [-0.2, 0) is 0 Å². The molecular weight excluding hydrogens is 204 g/mol. The molecule has 1 aliphatic carbocycles. The van der Waals surface area contributed by atoms with Gasteiger partial charge < -0.3 is 0 Å². The van der Waals surface area contributed by atoms with Crippen LogP contribution < -0.4 is 0 Å². The van der Waals surface area contributed by atoms with E-state index in [4.69, 9.17) is 0 Å². The van der Waals surface area contributed by atoms with Crippen molar-refractivity contribution in [1.82, 2.24) is 0 Å². The van der Waals surface area contributed by atoms with Crippen LogP contribution in [0.4, 0.5) is 0 Å². The smallest absolute Gasteiger partial charge is 0.0276 e. The summed E-state index contributed by atoms with van der Waals surface area (Å²) in [6.45, 7) is 16.3. The van der Waals surface area contributed by atoms with E-state index in [2.05, 4.69) is 26.0 Å². The molecule has 0 amide bonds. The van der Waals surface area contributed by atoms with E-state index in [1.165, 1.54) is 19.3 Å². The Hall–Kier alpha value is -0.780. The van der Waals surface area contributed by atoms with Crippen molar-refractivity contribution < 1.29 is 0 Å². The Labute approximate surface area is 111 Å². The molecule has 0 heterocycles. The number of hydrogen-bond acceptors (Lipinski definition) is 0. The highest BCUT2D eigenvalue weighted by Gasteiger charge is 2.09. The lowest BCUT2D eigenvalue weighted by Gasteiger charge is -1.94. The van der Waals surface area contributed by atoms with E-state index < -0.39 is 0 Å². The van der Waals surface area contributed by atoms with Crippen LogP contribution >= 0.6 is 0 Å². The van der Waals surface area contributed by atoms with Gasteiger partial charge in [0.25, 0.3) is 0 Å². The van der Waals surface area contributed by atoms with Crippen LogP contribution in [0, 0.1) is 0 Å². The molecule has 0 radical (unpaired) electrons.